The van der Waals surface area contributed by atoms with E-state index in [1.54, 1.807) is 0 Å². The van der Waals surface area contributed by atoms with Gasteiger partial charge >= 0.3 is 0 Å². The van der Waals surface area contributed by atoms with Crippen LogP contribution in [0.5, 0.6) is 5.75 Å². The summed E-state index contributed by atoms with van der Waals surface area (Å²) in [6.07, 6.45) is 6.11. The van der Waals surface area contributed by atoms with Gasteiger partial charge < -0.3 is 10.1 Å². The van der Waals surface area contributed by atoms with Gasteiger partial charge in [0.05, 0.1) is 6.61 Å². The Balaban J connectivity index is 1.67. The maximum absolute atomic E-state index is 11.8. The number of hydrogen-bond donors (Lipinski definition) is 1. The van der Waals surface area contributed by atoms with E-state index in [0.717, 1.165) is 25.0 Å². The monoisotopic (exact) mass is 303 g/mol. The molecule has 3 heteroatoms. The number of nitrogens with one attached hydrogen (secondary N) is 1. The molecule has 1 N–H and O–H groups in total. The highest BCUT2D eigenvalue weighted by atomic mass is 16.5. The largest absolute Gasteiger partial charge is 0.494 e. The quantitative estimate of drug-likeness (QED) is 0.761. The highest BCUT2D eigenvalue weighted by Gasteiger charge is 2.16. The Hall–Kier alpha value is -1.51. The molecule has 0 saturated heterocycles. The van der Waals surface area contributed by atoms with Gasteiger partial charge in [-0.05, 0) is 55.4 Å². The lowest BCUT2D eigenvalue weighted by Gasteiger charge is -2.13. The highest BCUT2D eigenvalue weighted by Crippen LogP contribution is 2.23. The van der Waals surface area contributed by atoms with Crippen molar-refractivity contribution in [2.75, 3.05) is 6.61 Å². The van der Waals surface area contributed by atoms with E-state index >= 15 is 0 Å². The average molecular weight is 303 g/mol. The lowest BCUT2D eigenvalue weighted by molar-refractivity contribution is -0.122. The fourth-order valence-electron chi connectivity index (χ4n) is 3.18. The summed E-state index contributed by atoms with van der Waals surface area (Å²) in [7, 11) is 0. The number of hydrogen-bond acceptors (Lipinski definition) is 2. The second-order valence-corrected chi connectivity index (χ2v) is 6.67. The molecule has 2 rings (SSSR count). The summed E-state index contributed by atoms with van der Waals surface area (Å²) in [4.78, 5) is 11.8. The van der Waals surface area contributed by atoms with Gasteiger partial charge in [-0.25, -0.2) is 0 Å². The first-order valence-electron chi connectivity index (χ1n) is 8.59. The number of carbonyl (C=O) groups excluding carboxylic acids is 1. The molecule has 1 saturated carbocycles. The predicted octanol–water partition coefficient (Wildman–Crippen LogP) is 4.34. The molecule has 0 radical (unpaired) electrons. The van der Waals surface area contributed by atoms with Crippen molar-refractivity contribution in [2.45, 2.75) is 71.3 Å². The first-order valence-corrected chi connectivity index (χ1v) is 8.59. The number of benzene rings is 1. The summed E-state index contributed by atoms with van der Waals surface area (Å²) >= 11 is 0. The molecular formula is C19H29NO2. The molecule has 0 spiro atoms. The molecule has 1 aromatic rings. The molecule has 1 fully saturated rings. The first kappa shape index (κ1) is 16.9. The topological polar surface area (TPSA) is 38.3 Å². The number of carbonyl (C=O) groups is 1. The summed E-state index contributed by atoms with van der Waals surface area (Å²) in [5, 5.41) is 3.11. The number of rotatable bonds is 7. The van der Waals surface area contributed by atoms with Gasteiger partial charge in [0.15, 0.2) is 0 Å². The van der Waals surface area contributed by atoms with E-state index in [1.807, 2.05) is 6.07 Å². The summed E-state index contributed by atoms with van der Waals surface area (Å²) in [5.41, 5.74) is 2.63. The van der Waals surface area contributed by atoms with Crippen LogP contribution in [0.15, 0.2) is 18.2 Å². The van der Waals surface area contributed by atoms with Crippen molar-refractivity contribution < 1.29 is 9.53 Å². The molecule has 0 atom stereocenters. The standard InChI is InChI=1S/C19H29NO2/c1-14(2)18-11-10-17(13-15(18)3)22-12-6-9-19(21)20-16-7-4-5-8-16/h10-11,13-14,16H,4-9,12H2,1-3H3,(H,20,21). The molecule has 0 aromatic heterocycles. The molecule has 22 heavy (non-hydrogen) atoms. The summed E-state index contributed by atoms with van der Waals surface area (Å²) in [6, 6.07) is 6.68. The first-order chi connectivity index (χ1) is 10.6. The van der Waals surface area contributed by atoms with Crippen LogP contribution in [0.2, 0.25) is 0 Å². The van der Waals surface area contributed by atoms with Gasteiger partial charge in [0, 0.05) is 12.5 Å². The average Bonchev–Trinajstić information content (AvgIpc) is 2.96. The third kappa shape index (κ3) is 5.04. The smallest absolute Gasteiger partial charge is 0.220 e. The van der Waals surface area contributed by atoms with Crippen LogP contribution in [0, 0.1) is 6.92 Å². The Morgan fingerprint density at radius 3 is 2.68 bits per heavy atom. The normalized spacial score (nSPS) is 15.3. The van der Waals surface area contributed by atoms with E-state index in [-0.39, 0.29) is 5.91 Å². The predicted molar refractivity (Wildman–Crippen MR) is 90.4 cm³/mol. The minimum atomic E-state index is 0.168. The van der Waals surface area contributed by atoms with Gasteiger partial charge in [-0.15, -0.1) is 0 Å². The van der Waals surface area contributed by atoms with E-state index in [4.69, 9.17) is 4.74 Å². The molecule has 1 amide bonds. The van der Waals surface area contributed by atoms with Crippen LogP contribution in [0.25, 0.3) is 0 Å². The molecular weight excluding hydrogens is 274 g/mol. The Morgan fingerprint density at radius 2 is 2.05 bits per heavy atom. The third-order valence-electron chi connectivity index (χ3n) is 4.40. The van der Waals surface area contributed by atoms with Crippen molar-refractivity contribution >= 4 is 5.91 Å². The van der Waals surface area contributed by atoms with Crippen molar-refractivity contribution in [2.24, 2.45) is 0 Å². The lowest BCUT2D eigenvalue weighted by Crippen LogP contribution is -2.32. The van der Waals surface area contributed by atoms with E-state index in [9.17, 15) is 4.79 Å². The van der Waals surface area contributed by atoms with Crippen LogP contribution in [-0.4, -0.2) is 18.6 Å². The van der Waals surface area contributed by atoms with E-state index in [0.29, 0.717) is 25.0 Å². The zero-order valence-electron chi connectivity index (χ0n) is 14.2. The van der Waals surface area contributed by atoms with Gasteiger partial charge in [-0.2, -0.15) is 0 Å². The van der Waals surface area contributed by atoms with Gasteiger partial charge in [0.25, 0.3) is 0 Å². The lowest BCUT2D eigenvalue weighted by atomic mass is 9.98. The summed E-state index contributed by atoms with van der Waals surface area (Å²) in [5.74, 6) is 1.60. The Bertz CT molecular complexity index is 490. The highest BCUT2D eigenvalue weighted by molar-refractivity contribution is 5.76. The van der Waals surface area contributed by atoms with Gasteiger partial charge in [0.1, 0.15) is 5.75 Å². The molecule has 122 valence electrons. The molecule has 0 aliphatic heterocycles. The minimum absolute atomic E-state index is 0.168. The molecule has 1 aliphatic carbocycles. The summed E-state index contributed by atoms with van der Waals surface area (Å²) in [6.45, 7) is 7.12. The van der Waals surface area contributed by atoms with Crippen LogP contribution in [0.1, 0.15) is 69.4 Å². The molecule has 1 aliphatic rings. The fraction of sp³-hybridized carbons (Fsp3) is 0.632. The Labute approximate surface area is 134 Å². The van der Waals surface area contributed by atoms with Gasteiger partial charge in [-0.3, -0.25) is 4.79 Å². The third-order valence-corrected chi connectivity index (χ3v) is 4.40. The van der Waals surface area contributed by atoms with E-state index in [2.05, 4.69) is 38.2 Å². The van der Waals surface area contributed by atoms with Gasteiger partial charge in [0.2, 0.25) is 5.91 Å². The Kier molecular flexibility index (Phi) is 6.29. The maximum Gasteiger partial charge on any atom is 0.220 e. The maximum atomic E-state index is 11.8. The molecule has 1 aromatic carbocycles. The second-order valence-electron chi connectivity index (χ2n) is 6.67. The number of ether oxygens (including phenoxy) is 1. The Morgan fingerprint density at radius 1 is 1.32 bits per heavy atom. The van der Waals surface area contributed by atoms with Crippen LogP contribution < -0.4 is 10.1 Å². The van der Waals surface area contributed by atoms with Crippen LogP contribution in [0.4, 0.5) is 0 Å². The van der Waals surface area contributed by atoms with Crippen LogP contribution >= 0.6 is 0 Å². The van der Waals surface area contributed by atoms with Crippen molar-refractivity contribution in [3.05, 3.63) is 29.3 Å². The SMILES string of the molecule is Cc1cc(OCCCC(=O)NC2CCCC2)ccc1C(C)C. The van der Waals surface area contributed by atoms with E-state index in [1.165, 1.54) is 24.0 Å². The fourth-order valence-corrected chi connectivity index (χ4v) is 3.18. The van der Waals surface area contributed by atoms with Crippen molar-refractivity contribution in [1.82, 2.24) is 5.32 Å². The number of aryl methyl sites for hydroxylation is 1. The molecule has 0 bridgehead atoms. The van der Waals surface area contributed by atoms with Crippen LogP contribution in [-0.2, 0) is 4.79 Å². The minimum Gasteiger partial charge on any atom is -0.494 e. The summed E-state index contributed by atoms with van der Waals surface area (Å²) < 4.78 is 5.76. The zero-order chi connectivity index (χ0) is 15.9. The molecule has 0 unspecified atom stereocenters. The van der Waals surface area contributed by atoms with Crippen LogP contribution in [0.3, 0.4) is 0 Å². The van der Waals surface area contributed by atoms with Crippen molar-refractivity contribution in [3.63, 3.8) is 0 Å². The van der Waals surface area contributed by atoms with E-state index < -0.39 is 0 Å². The van der Waals surface area contributed by atoms with Gasteiger partial charge in [-0.1, -0.05) is 32.8 Å². The second kappa shape index (κ2) is 8.21. The zero-order valence-corrected chi connectivity index (χ0v) is 14.2. The molecule has 0 heterocycles. The van der Waals surface area contributed by atoms with Crippen molar-refractivity contribution in [3.8, 4) is 5.75 Å². The number of amides is 1. The van der Waals surface area contributed by atoms with Crippen molar-refractivity contribution in [1.29, 1.82) is 0 Å². The molecule has 3 nitrogen and oxygen atoms in total.